The van der Waals surface area contributed by atoms with Crippen molar-refractivity contribution in [3.63, 3.8) is 0 Å². The van der Waals surface area contributed by atoms with Gasteiger partial charge in [0.2, 0.25) is 0 Å². The van der Waals surface area contributed by atoms with Crippen LogP contribution in [0.1, 0.15) is 38.7 Å². The number of nitrogens with two attached hydrogens (primary N) is 1. The van der Waals surface area contributed by atoms with Crippen molar-refractivity contribution in [2.75, 3.05) is 18.8 Å². The van der Waals surface area contributed by atoms with Crippen molar-refractivity contribution in [2.45, 2.75) is 39.7 Å². The van der Waals surface area contributed by atoms with Crippen molar-refractivity contribution in [1.29, 1.82) is 0 Å². The molecular formula is C15H23ClN2. The lowest BCUT2D eigenvalue weighted by Gasteiger charge is -2.26. The van der Waals surface area contributed by atoms with E-state index in [0.717, 1.165) is 22.8 Å². The second-order valence-corrected chi connectivity index (χ2v) is 5.95. The Hall–Kier alpha value is -0.730. The summed E-state index contributed by atoms with van der Waals surface area (Å²) in [7, 11) is 0. The van der Waals surface area contributed by atoms with Crippen molar-refractivity contribution >= 4 is 17.3 Å². The van der Waals surface area contributed by atoms with Crippen molar-refractivity contribution in [3.05, 3.63) is 28.8 Å². The van der Waals surface area contributed by atoms with E-state index >= 15 is 0 Å². The third-order valence-electron chi connectivity index (χ3n) is 4.52. The summed E-state index contributed by atoms with van der Waals surface area (Å²) in [5.74, 6) is 0. The number of rotatable bonds is 4. The highest BCUT2D eigenvalue weighted by molar-refractivity contribution is 6.30. The van der Waals surface area contributed by atoms with E-state index in [1.165, 1.54) is 32.4 Å². The van der Waals surface area contributed by atoms with E-state index in [-0.39, 0.29) is 0 Å². The number of nitrogens with zero attached hydrogens (tertiary/aromatic N) is 1. The number of halogens is 1. The first kappa shape index (κ1) is 13.7. The fourth-order valence-corrected chi connectivity index (χ4v) is 3.14. The summed E-state index contributed by atoms with van der Waals surface area (Å²) < 4.78 is 0. The minimum absolute atomic E-state index is 0.521. The molecule has 0 atom stereocenters. The lowest BCUT2D eigenvalue weighted by atomic mass is 9.82. The van der Waals surface area contributed by atoms with Gasteiger partial charge in [0.15, 0.2) is 0 Å². The Bertz CT molecular complexity index is 413. The molecule has 0 bridgehead atoms. The van der Waals surface area contributed by atoms with E-state index < -0.39 is 0 Å². The number of benzene rings is 1. The summed E-state index contributed by atoms with van der Waals surface area (Å²) in [4.78, 5) is 2.51. The molecule has 1 heterocycles. The smallest absolute Gasteiger partial charge is 0.0410 e. The number of hydrogen-bond acceptors (Lipinski definition) is 2. The Morgan fingerprint density at radius 2 is 2.06 bits per heavy atom. The van der Waals surface area contributed by atoms with Gasteiger partial charge >= 0.3 is 0 Å². The molecule has 1 aliphatic rings. The summed E-state index contributed by atoms with van der Waals surface area (Å²) >= 11 is 6.04. The van der Waals surface area contributed by atoms with E-state index in [0.29, 0.717) is 5.41 Å². The molecule has 0 amide bonds. The average molecular weight is 267 g/mol. The van der Waals surface area contributed by atoms with Gasteiger partial charge < -0.3 is 5.73 Å². The van der Waals surface area contributed by atoms with Gasteiger partial charge in [0, 0.05) is 23.8 Å². The standard InChI is InChI=1S/C15H23ClN2/c1-3-15(4-2)7-8-18(11-15)10-12-9-13(16)5-6-14(12)17/h5-6,9H,3-4,7-8,10-11,17H2,1-2H3. The van der Waals surface area contributed by atoms with Crippen LogP contribution in [-0.2, 0) is 6.54 Å². The number of nitrogen functional groups attached to an aromatic ring is 1. The van der Waals surface area contributed by atoms with Crippen LogP contribution in [0.4, 0.5) is 5.69 Å². The van der Waals surface area contributed by atoms with E-state index in [4.69, 9.17) is 17.3 Å². The van der Waals surface area contributed by atoms with Gasteiger partial charge in [0.25, 0.3) is 0 Å². The van der Waals surface area contributed by atoms with Crippen LogP contribution in [-0.4, -0.2) is 18.0 Å². The summed E-state index contributed by atoms with van der Waals surface area (Å²) in [6.07, 6.45) is 3.84. The zero-order valence-electron chi connectivity index (χ0n) is 11.4. The minimum atomic E-state index is 0.521. The van der Waals surface area contributed by atoms with Crippen LogP contribution >= 0.6 is 11.6 Å². The third kappa shape index (κ3) is 2.81. The average Bonchev–Trinajstić information content (AvgIpc) is 2.78. The van der Waals surface area contributed by atoms with Gasteiger partial charge in [-0.3, -0.25) is 4.90 Å². The highest BCUT2D eigenvalue weighted by Crippen LogP contribution is 2.37. The third-order valence-corrected chi connectivity index (χ3v) is 4.75. The molecule has 1 aromatic carbocycles. The summed E-state index contributed by atoms with van der Waals surface area (Å²) in [5, 5.41) is 0.774. The van der Waals surface area contributed by atoms with Gasteiger partial charge in [-0.25, -0.2) is 0 Å². The van der Waals surface area contributed by atoms with E-state index in [9.17, 15) is 0 Å². The maximum absolute atomic E-state index is 6.04. The van der Waals surface area contributed by atoms with E-state index in [2.05, 4.69) is 18.7 Å². The first-order valence-electron chi connectivity index (χ1n) is 6.85. The lowest BCUT2D eigenvalue weighted by molar-refractivity contribution is 0.236. The predicted octanol–water partition coefficient (Wildman–Crippen LogP) is 3.93. The summed E-state index contributed by atoms with van der Waals surface area (Å²) in [5.41, 5.74) is 8.55. The van der Waals surface area contributed by atoms with E-state index in [1.807, 2.05) is 18.2 Å². The van der Waals surface area contributed by atoms with E-state index in [1.54, 1.807) is 0 Å². The highest BCUT2D eigenvalue weighted by Gasteiger charge is 2.34. The molecule has 2 nitrogen and oxygen atoms in total. The van der Waals surface area contributed by atoms with Crippen molar-refractivity contribution in [3.8, 4) is 0 Å². The summed E-state index contributed by atoms with van der Waals surface area (Å²) in [6.45, 7) is 7.90. The highest BCUT2D eigenvalue weighted by atomic mass is 35.5. The van der Waals surface area contributed by atoms with Gasteiger partial charge in [-0.05, 0) is 55.0 Å². The topological polar surface area (TPSA) is 29.3 Å². The molecule has 0 unspecified atom stereocenters. The number of likely N-dealkylation sites (tertiary alicyclic amines) is 1. The molecule has 18 heavy (non-hydrogen) atoms. The lowest BCUT2D eigenvalue weighted by Crippen LogP contribution is -2.26. The molecule has 0 spiro atoms. The van der Waals surface area contributed by atoms with Crippen LogP contribution in [0.3, 0.4) is 0 Å². The largest absolute Gasteiger partial charge is 0.398 e. The number of hydrogen-bond donors (Lipinski definition) is 1. The van der Waals surface area contributed by atoms with Gasteiger partial charge in [0.05, 0.1) is 0 Å². The summed E-state index contributed by atoms with van der Waals surface area (Å²) in [6, 6.07) is 5.75. The Balaban J connectivity index is 2.05. The Morgan fingerprint density at radius 3 is 2.67 bits per heavy atom. The van der Waals surface area contributed by atoms with Crippen LogP contribution in [0, 0.1) is 5.41 Å². The van der Waals surface area contributed by atoms with Gasteiger partial charge in [-0.1, -0.05) is 25.4 Å². The van der Waals surface area contributed by atoms with Crippen LogP contribution in [0.5, 0.6) is 0 Å². The maximum atomic E-state index is 6.04. The molecule has 1 aliphatic heterocycles. The molecule has 1 saturated heterocycles. The van der Waals surface area contributed by atoms with Crippen molar-refractivity contribution < 1.29 is 0 Å². The molecule has 0 aliphatic carbocycles. The first-order valence-corrected chi connectivity index (χ1v) is 7.22. The Morgan fingerprint density at radius 1 is 1.33 bits per heavy atom. The van der Waals surface area contributed by atoms with Gasteiger partial charge in [-0.2, -0.15) is 0 Å². The predicted molar refractivity (Wildman–Crippen MR) is 78.8 cm³/mol. The first-order chi connectivity index (χ1) is 8.58. The fraction of sp³-hybridized carbons (Fsp3) is 0.600. The molecule has 2 rings (SSSR count). The van der Waals surface area contributed by atoms with Crippen LogP contribution < -0.4 is 5.73 Å². The van der Waals surface area contributed by atoms with Crippen LogP contribution in [0.15, 0.2) is 18.2 Å². The zero-order chi connectivity index (χ0) is 13.2. The molecule has 1 fully saturated rings. The van der Waals surface area contributed by atoms with Crippen molar-refractivity contribution in [1.82, 2.24) is 4.90 Å². The molecule has 2 N–H and O–H groups in total. The quantitative estimate of drug-likeness (QED) is 0.837. The second-order valence-electron chi connectivity index (χ2n) is 5.51. The molecule has 0 saturated carbocycles. The van der Waals surface area contributed by atoms with Crippen molar-refractivity contribution in [2.24, 2.45) is 5.41 Å². The minimum Gasteiger partial charge on any atom is -0.398 e. The van der Waals surface area contributed by atoms with Gasteiger partial charge in [0.1, 0.15) is 0 Å². The van der Waals surface area contributed by atoms with Crippen LogP contribution in [0.25, 0.3) is 0 Å². The molecule has 0 radical (unpaired) electrons. The second kappa shape index (κ2) is 5.50. The Labute approximate surface area is 115 Å². The zero-order valence-corrected chi connectivity index (χ0v) is 12.1. The normalized spacial score (nSPS) is 19.3. The molecule has 0 aromatic heterocycles. The number of anilines is 1. The van der Waals surface area contributed by atoms with Crippen LogP contribution in [0.2, 0.25) is 5.02 Å². The molecule has 3 heteroatoms. The molecular weight excluding hydrogens is 244 g/mol. The SMILES string of the molecule is CCC1(CC)CCN(Cc2cc(Cl)ccc2N)C1. The maximum Gasteiger partial charge on any atom is 0.0410 e. The fourth-order valence-electron chi connectivity index (χ4n) is 2.94. The van der Waals surface area contributed by atoms with Gasteiger partial charge in [-0.15, -0.1) is 0 Å². The molecule has 1 aromatic rings. The monoisotopic (exact) mass is 266 g/mol. The molecule has 100 valence electrons. The Kier molecular flexibility index (Phi) is 4.18.